The zero-order valence-electron chi connectivity index (χ0n) is 21.3. The highest BCUT2D eigenvalue weighted by molar-refractivity contribution is 5.94. The van der Waals surface area contributed by atoms with Crippen LogP contribution in [-0.2, 0) is 11.3 Å². The quantitative estimate of drug-likeness (QED) is 0.514. The third-order valence-electron chi connectivity index (χ3n) is 7.77. The summed E-state index contributed by atoms with van der Waals surface area (Å²) in [6.07, 6.45) is 5.55. The minimum Gasteiger partial charge on any atom is -0.447 e. The van der Waals surface area contributed by atoms with E-state index in [0.29, 0.717) is 11.6 Å². The van der Waals surface area contributed by atoms with Gasteiger partial charge in [-0.3, -0.25) is 9.69 Å². The van der Waals surface area contributed by atoms with Crippen molar-refractivity contribution >= 4 is 12.0 Å². The fraction of sp³-hybridized carbons (Fsp3) is 0.517. The molecule has 0 unspecified atom stereocenters. The molecule has 2 aromatic rings. The molecule has 1 aliphatic carbocycles. The first-order valence-electron chi connectivity index (χ1n) is 13.0. The maximum absolute atomic E-state index is 13.2. The number of nitrogens with zero attached hydrogens (tertiary/aromatic N) is 1. The van der Waals surface area contributed by atoms with Gasteiger partial charge in [0, 0.05) is 24.7 Å². The summed E-state index contributed by atoms with van der Waals surface area (Å²) in [5.74, 6) is 1.46. The molecule has 3 N–H and O–H groups in total. The summed E-state index contributed by atoms with van der Waals surface area (Å²) in [5.41, 5.74) is 10.4. The topological polar surface area (TPSA) is 84.7 Å². The molecule has 0 aromatic heterocycles. The van der Waals surface area contributed by atoms with E-state index in [1.54, 1.807) is 0 Å². The third-order valence-corrected chi connectivity index (χ3v) is 7.77. The first kappa shape index (κ1) is 25.2. The Hall–Kier alpha value is -2.86. The molecule has 0 spiro atoms. The van der Waals surface area contributed by atoms with Gasteiger partial charge in [0.05, 0.1) is 6.04 Å². The van der Waals surface area contributed by atoms with Crippen molar-refractivity contribution in [1.29, 1.82) is 0 Å². The van der Waals surface area contributed by atoms with Crippen molar-refractivity contribution in [1.82, 2.24) is 10.2 Å². The summed E-state index contributed by atoms with van der Waals surface area (Å²) >= 11 is 0. The number of fused-ring (bicyclic) bond motifs is 1. The van der Waals surface area contributed by atoms with E-state index in [1.807, 2.05) is 43.3 Å². The Morgan fingerprint density at radius 1 is 1.11 bits per heavy atom. The van der Waals surface area contributed by atoms with Crippen molar-refractivity contribution in [3.63, 3.8) is 0 Å². The van der Waals surface area contributed by atoms with Crippen LogP contribution in [0.25, 0.3) is 0 Å². The van der Waals surface area contributed by atoms with Crippen LogP contribution < -0.4 is 11.1 Å². The third kappa shape index (κ3) is 6.23. The summed E-state index contributed by atoms with van der Waals surface area (Å²) in [4.78, 5) is 27.0. The second-order valence-electron chi connectivity index (χ2n) is 10.5. The zero-order chi connectivity index (χ0) is 24.9. The van der Waals surface area contributed by atoms with Crippen LogP contribution in [-0.4, -0.2) is 30.1 Å². The number of carbonyl (C=O) groups is 2. The Bertz CT molecular complexity index is 1030. The number of aryl methyl sites for hydroxylation is 1. The molecule has 4 rings (SSSR count). The second kappa shape index (κ2) is 11.3. The Labute approximate surface area is 209 Å². The molecule has 1 heterocycles. The lowest BCUT2D eigenvalue weighted by atomic mass is 9.82. The monoisotopic (exact) mass is 477 g/mol. The normalized spacial score (nSPS) is 22.9. The number of carbonyl (C=O) groups excluding carboxylic acids is 2. The Balaban J connectivity index is 1.46. The minimum atomic E-state index is -0.855. The van der Waals surface area contributed by atoms with Crippen LogP contribution in [0.1, 0.15) is 90.6 Å². The van der Waals surface area contributed by atoms with Crippen LogP contribution in [0.15, 0.2) is 42.5 Å². The van der Waals surface area contributed by atoms with Crippen molar-refractivity contribution in [3.8, 4) is 0 Å². The van der Waals surface area contributed by atoms with E-state index in [1.165, 1.54) is 36.8 Å². The summed E-state index contributed by atoms with van der Waals surface area (Å²) in [6, 6.07) is 13.8. The Morgan fingerprint density at radius 2 is 1.83 bits per heavy atom. The largest absolute Gasteiger partial charge is 0.447 e. The maximum atomic E-state index is 13.2. The number of benzene rings is 2. The Morgan fingerprint density at radius 3 is 2.49 bits per heavy atom. The standard InChI is InChI=1S/C29H39N3O3/c1-4-27-25-14-13-23(15-24(25)17-32(27)16-21-9-5-19(2)6-10-21)28(33)31-26(18-35-29(30)34)22-11-7-20(3)8-12-22/h7-8,11-15,19,21,26-27H,4-6,9-10,16-18H2,1-3H3,(H2,30,34)(H,31,33)/t19?,21?,26-,27-/m0/s1. The van der Waals surface area contributed by atoms with Gasteiger partial charge in [-0.15, -0.1) is 0 Å². The zero-order valence-corrected chi connectivity index (χ0v) is 21.3. The number of hydrogen-bond donors (Lipinski definition) is 2. The molecule has 1 aliphatic heterocycles. The van der Waals surface area contributed by atoms with E-state index in [-0.39, 0.29) is 12.5 Å². The van der Waals surface area contributed by atoms with E-state index in [4.69, 9.17) is 10.5 Å². The summed E-state index contributed by atoms with van der Waals surface area (Å²) in [6.45, 7) is 8.65. The van der Waals surface area contributed by atoms with Crippen molar-refractivity contribution in [2.75, 3.05) is 13.2 Å². The molecule has 1 fully saturated rings. The van der Waals surface area contributed by atoms with E-state index in [2.05, 4.69) is 30.1 Å². The molecular weight excluding hydrogens is 438 g/mol. The molecule has 0 radical (unpaired) electrons. The fourth-order valence-electron chi connectivity index (χ4n) is 5.67. The Kier molecular flexibility index (Phi) is 8.11. The lowest BCUT2D eigenvalue weighted by molar-refractivity contribution is 0.0898. The number of nitrogens with one attached hydrogen (secondary N) is 1. The smallest absolute Gasteiger partial charge is 0.404 e. The predicted molar refractivity (Wildman–Crippen MR) is 138 cm³/mol. The van der Waals surface area contributed by atoms with E-state index in [9.17, 15) is 9.59 Å². The average Bonchev–Trinajstić information content (AvgIpc) is 3.19. The summed E-state index contributed by atoms with van der Waals surface area (Å²) in [5, 5.41) is 3.04. The van der Waals surface area contributed by atoms with Gasteiger partial charge >= 0.3 is 6.09 Å². The molecule has 6 nitrogen and oxygen atoms in total. The predicted octanol–water partition coefficient (Wildman–Crippen LogP) is 5.65. The number of rotatable bonds is 8. The van der Waals surface area contributed by atoms with Gasteiger partial charge in [0.1, 0.15) is 6.61 Å². The van der Waals surface area contributed by atoms with Gasteiger partial charge in [0.2, 0.25) is 0 Å². The summed E-state index contributed by atoms with van der Waals surface area (Å²) in [7, 11) is 0. The summed E-state index contributed by atoms with van der Waals surface area (Å²) < 4.78 is 5.04. The molecule has 0 saturated heterocycles. The van der Waals surface area contributed by atoms with Gasteiger partial charge in [-0.25, -0.2) is 4.79 Å². The number of hydrogen-bond acceptors (Lipinski definition) is 4. The van der Waals surface area contributed by atoms with Gasteiger partial charge in [-0.05, 0) is 66.8 Å². The highest BCUT2D eigenvalue weighted by Gasteiger charge is 2.32. The van der Waals surface area contributed by atoms with Gasteiger partial charge in [-0.2, -0.15) is 0 Å². The van der Waals surface area contributed by atoms with Crippen LogP contribution >= 0.6 is 0 Å². The maximum Gasteiger partial charge on any atom is 0.404 e. The molecule has 188 valence electrons. The molecular formula is C29H39N3O3. The van der Waals surface area contributed by atoms with Crippen molar-refractivity contribution in [3.05, 3.63) is 70.3 Å². The fourth-order valence-corrected chi connectivity index (χ4v) is 5.67. The molecule has 2 aliphatic rings. The first-order chi connectivity index (χ1) is 16.8. The van der Waals surface area contributed by atoms with Crippen LogP contribution in [0.5, 0.6) is 0 Å². The molecule has 0 bridgehead atoms. The molecule has 2 atom stereocenters. The van der Waals surface area contributed by atoms with Crippen LogP contribution in [0.4, 0.5) is 4.79 Å². The van der Waals surface area contributed by atoms with Gasteiger partial charge in [0.25, 0.3) is 5.91 Å². The van der Waals surface area contributed by atoms with E-state index in [0.717, 1.165) is 42.5 Å². The molecule has 1 saturated carbocycles. The van der Waals surface area contributed by atoms with Crippen LogP contribution in [0.2, 0.25) is 0 Å². The molecule has 2 amide bonds. The first-order valence-corrected chi connectivity index (χ1v) is 13.0. The van der Waals surface area contributed by atoms with Crippen LogP contribution in [0.3, 0.4) is 0 Å². The van der Waals surface area contributed by atoms with Crippen LogP contribution in [0, 0.1) is 18.8 Å². The lowest BCUT2D eigenvalue weighted by Crippen LogP contribution is -2.33. The van der Waals surface area contributed by atoms with Crippen molar-refractivity contribution < 1.29 is 14.3 Å². The van der Waals surface area contributed by atoms with Gasteiger partial charge in [-0.1, -0.05) is 62.6 Å². The number of amides is 2. The minimum absolute atomic E-state index is 0.0131. The molecule has 6 heteroatoms. The SMILES string of the molecule is CC[C@H]1c2ccc(C(=O)N[C@@H](COC(N)=O)c3ccc(C)cc3)cc2CN1CC1CCC(C)CC1. The highest BCUT2D eigenvalue weighted by Crippen LogP contribution is 2.39. The lowest BCUT2D eigenvalue weighted by Gasteiger charge is -2.32. The van der Waals surface area contributed by atoms with E-state index >= 15 is 0 Å². The molecule has 35 heavy (non-hydrogen) atoms. The average molecular weight is 478 g/mol. The van der Waals surface area contributed by atoms with Gasteiger partial charge < -0.3 is 15.8 Å². The number of ether oxygens (including phenoxy) is 1. The second-order valence-corrected chi connectivity index (χ2v) is 10.5. The highest BCUT2D eigenvalue weighted by atomic mass is 16.5. The van der Waals surface area contributed by atoms with Gasteiger partial charge in [0.15, 0.2) is 0 Å². The number of nitrogens with two attached hydrogens (primary N) is 1. The van der Waals surface area contributed by atoms with E-state index < -0.39 is 12.1 Å². The molecule has 2 aromatic carbocycles. The van der Waals surface area contributed by atoms with Crippen molar-refractivity contribution in [2.24, 2.45) is 17.6 Å². The van der Waals surface area contributed by atoms with Crippen molar-refractivity contribution in [2.45, 2.75) is 71.5 Å². The number of primary amides is 1.